The third-order valence-electron chi connectivity index (χ3n) is 4.63. The van der Waals surface area contributed by atoms with Crippen LogP contribution in [0.5, 0.6) is 0 Å². The molecule has 0 aromatic heterocycles. The summed E-state index contributed by atoms with van der Waals surface area (Å²) in [6, 6.07) is 8.20. The smallest absolute Gasteiger partial charge is 0.244 e. The van der Waals surface area contributed by atoms with Crippen LogP contribution in [0.2, 0.25) is 0 Å². The monoisotopic (exact) mass is 342 g/mol. The summed E-state index contributed by atoms with van der Waals surface area (Å²) in [5, 5.41) is 2.79. The van der Waals surface area contributed by atoms with Crippen molar-refractivity contribution in [3.63, 3.8) is 0 Å². The number of nitrogens with zero attached hydrogens (tertiary/aromatic N) is 1. The minimum Gasteiger partial charge on any atom is -0.352 e. The zero-order chi connectivity index (χ0) is 18.1. The first-order valence-corrected chi connectivity index (χ1v) is 9.40. The Kier molecular flexibility index (Phi) is 7.71. The van der Waals surface area contributed by atoms with Crippen LogP contribution in [0.3, 0.4) is 0 Å². The van der Waals surface area contributed by atoms with Crippen molar-refractivity contribution in [3.8, 4) is 0 Å². The number of hydrogen-bond donors (Lipinski definition) is 1. The van der Waals surface area contributed by atoms with Crippen LogP contribution >= 0.6 is 0 Å². The maximum Gasteiger partial charge on any atom is 0.244 e. The molecule has 1 N–H and O–H groups in total. The summed E-state index contributed by atoms with van der Waals surface area (Å²) in [6.45, 7) is 6.43. The maximum absolute atomic E-state index is 12.2. The van der Waals surface area contributed by atoms with E-state index in [4.69, 9.17) is 0 Å². The molecule has 2 rings (SSSR count). The average molecular weight is 342 g/mol. The summed E-state index contributed by atoms with van der Waals surface area (Å²) < 4.78 is 0. The molecule has 0 radical (unpaired) electrons. The van der Waals surface area contributed by atoms with Gasteiger partial charge in [-0.15, -0.1) is 0 Å². The Morgan fingerprint density at radius 3 is 2.32 bits per heavy atom. The normalized spacial score (nSPS) is 15.4. The molecule has 1 aromatic carbocycles. The van der Waals surface area contributed by atoms with E-state index < -0.39 is 0 Å². The Hall–Kier alpha value is -2.10. The number of hydrogen-bond acceptors (Lipinski definition) is 2. The van der Waals surface area contributed by atoms with Crippen LogP contribution in [0.1, 0.15) is 63.0 Å². The topological polar surface area (TPSA) is 49.4 Å². The number of benzene rings is 1. The Bertz CT molecular complexity index is 582. The van der Waals surface area contributed by atoms with Gasteiger partial charge in [-0.2, -0.15) is 0 Å². The van der Waals surface area contributed by atoms with E-state index in [2.05, 4.69) is 31.3 Å². The zero-order valence-electron chi connectivity index (χ0n) is 15.5. The number of rotatable bonds is 6. The standard InChI is InChI=1S/C21H30N2O2/c1-17(2)19-10-7-18(8-11-19)9-12-20(24)22-14-13-21(25)23-15-5-3-4-6-16-23/h7-12,17H,3-6,13-16H2,1-2H3,(H,22,24)/b12-9+. The van der Waals surface area contributed by atoms with Gasteiger partial charge in [0.25, 0.3) is 0 Å². The number of likely N-dealkylation sites (tertiary alicyclic amines) is 1. The lowest BCUT2D eigenvalue weighted by atomic mass is 10.0. The van der Waals surface area contributed by atoms with Crippen molar-refractivity contribution < 1.29 is 9.59 Å². The van der Waals surface area contributed by atoms with Gasteiger partial charge in [-0.25, -0.2) is 0 Å². The van der Waals surface area contributed by atoms with Crippen LogP contribution in [0, 0.1) is 0 Å². The molecule has 25 heavy (non-hydrogen) atoms. The molecule has 2 amide bonds. The Morgan fingerprint density at radius 1 is 1.08 bits per heavy atom. The van der Waals surface area contributed by atoms with Crippen molar-refractivity contribution in [3.05, 3.63) is 41.5 Å². The Labute approximate surface area is 151 Å². The Morgan fingerprint density at radius 2 is 1.72 bits per heavy atom. The fourth-order valence-corrected chi connectivity index (χ4v) is 2.99. The molecule has 0 bridgehead atoms. The number of carbonyl (C=O) groups excluding carboxylic acids is 2. The largest absolute Gasteiger partial charge is 0.352 e. The fraction of sp³-hybridized carbons (Fsp3) is 0.524. The lowest BCUT2D eigenvalue weighted by molar-refractivity contribution is -0.131. The van der Waals surface area contributed by atoms with E-state index in [0.29, 0.717) is 18.9 Å². The molecule has 0 saturated carbocycles. The molecule has 136 valence electrons. The zero-order valence-corrected chi connectivity index (χ0v) is 15.5. The van der Waals surface area contributed by atoms with E-state index in [0.717, 1.165) is 31.5 Å². The van der Waals surface area contributed by atoms with Crippen LogP contribution < -0.4 is 5.32 Å². The highest BCUT2D eigenvalue weighted by atomic mass is 16.2. The molecule has 0 spiro atoms. The van der Waals surface area contributed by atoms with Gasteiger partial charge in [-0.05, 0) is 36.0 Å². The van der Waals surface area contributed by atoms with Crippen LogP contribution in [0.15, 0.2) is 30.3 Å². The second-order valence-electron chi connectivity index (χ2n) is 6.99. The number of amides is 2. The second kappa shape index (κ2) is 10.0. The van der Waals surface area contributed by atoms with Gasteiger partial charge >= 0.3 is 0 Å². The maximum atomic E-state index is 12.2. The van der Waals surface area contributed by atoms with Gasteiger partial charge < -0.3 is 10.2 Å². The van der Waals surface area contributed by atoms with Gasteiger partial charge in [0.05, 0.1) is 0 Å². The third-order valence-corrected chi connectivity index (χ3v) is 4.63. The van der Waals surface area contributed by atoms with Gasteiger partial charge in [-0.1, -0.05) is 51.0 Å². The van der Waals surface area contributed by atoms with Crippen molar-refractivity contribution in [1.29, 1.82) is 0 Å². The molecule has 0 aliphatic carbocycles. The molecule has 4 heteroatoms. The molecular formula is C21H30N2O2. The second-order valence-corrected chi connectivity index (χ2v) is 6.99. The molecule has 1 aliphatic rings. The van der Waals surface area contributed by atoms with Crippen LogP contribution in [0.25, 0.3) is 6.08 Å². The summed E-state index contributed by atoms with van der Waals surface area (Å²) in [6.07, 6.45) is 8.32. The minimum atomic E-state index is -0.156. The molecule has 1 saturated heterocycles. The summed E-state index contributed by atoms with van der Waals surface area (Å²) in [5.74, 6) is 0.495. The molecule has 1 fully saturated rings. The predicted molar refractivity (Wildman–Crippen MR) is 102 cm³/mol. The lowest BCUT2D eigenvalue weighted by Crippen LogP contribution is -2.34. The van der Waals surface area contributed by atoms with E-state index in [1.54, 1.807) is 6.08 Å². The van der Waals surface area contributed by atoms with Crippen molar-refractivity contribution >= 4 is 17.9 Å². The van der Waals surface area contributed by atoms with E-state index in [9.17, 15) is 9.59 Å². The van der Waals surface area contributed by atoms with Crippen molar-refractivity contribution in [2.24, 2.45) is 0 Å². The molecule has 0 unspecified atom stereocenters. The number of carbonyl (C=O) groups is 2. The van der Waals surface area contributed by atoms with E-state index in [1.165, 1.54) is 24.5 Å². The first kappa shape index (κ1) is 19.2. The van der Waals surface area contributed by atoms with E-state index >= 15 is 0 Å². The SMILES string of the molecule is CC(C)c1ccc(/C=C/C(=O)NCCC(=O)N2CCCCCC2)cc1. The highest BCUT2D eigenvalue weighted by Gasteiger charge is 2.14. The van der Waals surface area contributed by atoms with E-state index in [-0.39, 0.29) is 11.8 Å². The summed E-state index contributed by atoms with van der Waals surface area (Å²) in [4.78, 5) is 26.0. The fourth-order valence-electron chi connectivity index (χ4n) is 2.99. The Balaban J connectivity index is 1.71. The molecular weight excluding hydrogens is 312 g/mol. The molecule has 1 heterocycles. The van der Waals surface area contributed by atoms with Gasteiger partial charge in [0.15, 0.2) is 0 Å². The molecule has 1 aromatic rings. The summed E-state index contributed by atoms with van der Waals surface area (Å²) >= 11 is 0. The van der Waals surface area contributed by atoms with Gasteiger partial charge in [-0.3, -0.25) is 9.59 Å². The highest BCUT2D eigenvalue weighted by Crippen LogP contribution is 2.15. The molecule has 0 atom stereocenters. The van der Waals surface area contributed by atoms with Crippen molar-refractivity contribution in [1.82, 2.24) is 10.2 Å². The van der Waals surface area contributed by atoms with Gasteiger partial charge in [0.1, 0.15) is 0 Å². The van der Waals surface area contributed by atoms with E-state index in [1.807, 2.05) is 17.0 Å². The van der Waals surface area contributed by atoms with Crippen molar-refractivity contribution in [2.75, 3.05) is 19.6 Å². The van der Waals surface area contributed by atoms with Gasteiger partial charge in [0.2, 0.25) is 11.8 Å². The quantitative estimate of drug-likeness (QED) is 0.801. The highest BCUT2D eigenvalue weighted by molar-refractivity contribution is 5.92. The predicted octanol–water partition coefficient (Wildman–Crippen LogP) is 3.73. The van der Waals surface area contributed by atoms with Crippen molar-refractivity contribution in [2.45, 2.75) is 51.9 Å². The first-order valence-electron chi connectivity index (χ1n) is 9.40. The molecule has 1 aliphatic heterocycles. The van der Waals surface area contributed by atoms with Gasteiger partial charge in [0, 0.05) is 32.1 Å². The average Bonchev–Trinajstić information content (AvgIpc) is 2.89. The lowest BCUT2D eigenvalue weighted by Gasteiger charge is -2.20. The first-order chi connectivity index (χ1) is 12.1. The summed E-state index contributed by atoms with van der Waals surface area (Å²) in [5.41, 5.74) is 2.29. The van der Waals surface area contributed by atoms with Crippen LogP contribution in [-0.4, -0.2) is 36.3 Å². The third kappa shape index (κ3) is 6.73. The molecule has 4 nitrogen and oxygen atoms in total. The minimum absolute atomic E-state index is 0.149. The number of nitrogens with one attached hydrogen (secondary N) is 1. The summed E-state index contributed by atoms with van der Waals surface area (Å²) in [7, 11) is 0. The van der Waals surface area contributed by atoms with Crippen LogP contribution in [0.4, 0.5) is 0 Å². The van der Waals surface area contributed by atoms with Crippen LogP contribution in [-0.2, 0) is 9.59 Å².